The molecule has 37 heavy (non-hydrogen) atoms. The fraction of sp³-hybridized carbons (Fsp3) is 0.806. The number of carbonyl (C=O) groups is 3. The van der Waals surface area contributed by atoms with E-state index in [9.17, 15) is 24.6 Å². The third-order valence-corrected chi connectivity index (χ3v) is 12.7. The van der Waals surface area contributed by atoms with Crippen molar-refractivity contribution in [3.05, 3.63) is 23.1 Å². The molecule has 0 aromatic rings. The van der Waals surface area contributed by atoms with Gasteiger partial charge in [0.05, 0.1) is 12.0 Å². The van der Waals surface area contributed by atoms with Crippen molar-refractivity contribution in [3.63, 3.8) is 0 Å². The van der Waals surface area contributed by atoms with Gasteiger partial charge in [-0.25, -0.2) is 6.57 Å². The van der Waals surface area contributed by atoms with Gasteiger partial charge in [-0.05, 0) is 79.1 Å². The number of hydrogen-bond acceptors (Lipinski definition) is 4. The zero-order valence-electron chi connectivity index (χ0n) is 23.3. The van der Waals surface area contributed by atoms with Gasteiger partial charge in [-0.2, -0.15) is 0 Å². The summed E-state index contributed by atoms with van der Waals surface area (Å²) < 4.78 is 0. The highest BCUT2D eigenvalue weighted by Gasteiger charge is 2.74. The Labute approximate surface area is 221 Å². The number of ketones is 2. The third kappa shape index (κ3) is 3.10. The van der Waals surface area contributed by atoms with E-state index in [0.717, 1.165) is 24.8 Å². The molecule has 5 aliphatic rings. The first kappa shape index (κ1) is 26.6. The van der Waals surface area contributed by atoms with Crippen LogP contribution in [0.25, 0.3) is 4.85 Å². The Balaban J connectivity index is 1.70. The van der Waals surface area contributed by atoms with Crippen molar-refractivity contribution >= 4 is 17.5 Å². The van der Waals surface area contributed by atoms with Gasteiger partial charge < -0.3 is 15.1 Å². The number of aliphatic hydroxyl groups is 1. The Kier molecular flexibility index (Phi) is 5.59. The van der Waals surface area contributed by atoms with Crippen molar-refractivity contribution in [1.29, 1.82) is 0 Å². The molecule has 5 aliphatic carbocycles. The highest BCUT2D eigenvalue weighted by Crippen LogP contribution is 2.75. The molecule has 202 valence electrons. The number of carboxylic acid groups (broad SMARTS) is 1. The topological polar surface area (TPSA) is 96.0 Å². The number of carboxylic acids is 1. The number of aliphatic carboxylic acids is 1. The van der Waals surface area contributed by atoms with Crippen LogP contribution in [-0.2, 0) is 14.4 Å². The van der Waals surface area contributed by atoms with Crippen LogP contribution in [0.2, 0.25) is 0 Å². The van der Waals surface area contributed by atoms with Crippen molar-refractivity contribution in [2.24, 2.45) is 50.2 Å². The van der Waals surface area contributed by atoms with Gasteiger partial charge in [0.2, 0.25) is 5.78 Å². The van der Waals surface area contributed by atoms with Crippen LogP contribution in [0.15, 0.2) is 11.6 Å². The lowest BCUT2D eigenvalue weighted by atomic mass is 9.33. The summed E-state index contributed by atoms with van der Waals surface area (Å²) in [5.41, 5.74) is -2.31. The van der Waals surface area contributed by atoms with Crippen LogP contribution in [0.1, 0.15) is 92.9 Å². The lowest BCUT2D eigenvalue weighted by molar-refractivity contribution is -0.203. The van der Waals surface area contributed by atoms with E-state index in [1.165, 1.54) is 0 Å². The molecule has 0 aromatic heterocycles. The number of rotatable bonds is 2. The molecule has 0 amide bonds. The Hall–Kier alpha value is -2.00. The summed E-state index contributed by atoms with van der Waals surface area (Å²) in [6.07, 6.45) is 7.01. The first-order chi connectivity index (χ1) is 17.1. The standard InChI is InChI=1S/C31H43NO5/c1-26(2)10-12-30(25(36)37)13-11-28(5)18(19(30)15-26)14-21(34)23-29(28,6)9-8-22-27(3,4)24(35)20(32-7)16-31(22,23)17-33/h14,19-20,22-23,33H,8-13,15-17H2,1-6H3,(H,36,37)/t19?,20?,22?,23?,28-,29-,30+,31-/m1/s1. The predicted molar refractivity (Wildman–Crippen MR) is 139 cm³/mol. The summed E-state index contributed by atoms with van der Waals surface area (Å²) >= 11 is 0. The first-order valence-electron chi connectivity index (χ1n) is 14.1. The molecule has 4 unspecified atom stereocenters. The van der Waals surface area contributed by atoms with Crippen molar-refractivity contribution < 1.29 is 24.6 Å². The van der Waals surface area contributed by atoms with E-state index >= 15 is 0 Å². The number of Topliss-reactive ketones (excluding diaryl/α,β-unsaturated/α-hetero) is 1. The minimum absolute atomic E-state index is 0.00406. The Morgan fingerprint density at radius 3 is 2.27 bits per heavy atom. The number of allylic oxidation sites excluding steroid dienone is 2. The molecule has 6 heteroatoms. The molecular formula is C31H43NO5. The van der Waals surface area contributed by atoms with Crippen molar-refractivity contribution in [2.45, 2.75) is 99.0 Å². The normalized spacial score (nSPS) is 47.9. The molecule has 5 rings (SSSR count). The van der Waals surface area contributed by atoms with E-state index in [1.54, 1.807) is 6.08 Å². The maximum Gasteiger partial charge on any atom is 0.310 e. The van der Waals surface area contributed by atoms with Gasteiger partial charge in [-0.3, -0.25) is 14.4 Å². The Bertz CT molecular complexity index is 1140. The average molecular weight is 510 g/mol. The second-order valence-electron chi connectivity index (χ2n) is 15.0. The Morgan fingerprint density at radius 2 is 1.68 bits per heavy atom. The SMILES string of the molecule is [C-]#[N+]C1C[C@@]2(CO)C(CC[C@]3(C)C2C(=O)C=C2C4CC(C)(C)CC[C@]4(C(=O)O)CC[C@]23C)C(C)(C)C1=O. The van der Waals surface area contributed by atoms with Crippen LogP contribution in [0.4, 0.5) is 0 Å². The van der Waals surface area contributed by atoms with Gasteiger partial charge in [0.15, 0.2) is 5.78 Å². The molecule has 2 N–H and O–H groups in total. The smallest absolute Gasteiger partial charge is 0.310 e. The van der Waals surface area contributed by atoms with E-state index in [1.807, 2.05) is 13.8 Å². The maximum atomic E-state index is 14.4. The number of carbonyl (C=O) groups excluding carboxylic acids is 2. The van der Waals surface area contributed by atoms with Crippen LogP contribution in [0.3, 0.4) is 0 Å². The van der Waals surface area contributed by atoms with Crippen LogP contribution >= 0.6 is 0 Å². The van der Waals surface area contributed by atoms with Gasteiger partial charge in [-0.15, -0.1) is 0 Å². The number of nitrogens with zero attached hydrogens (tertiary/aromatic N) is 1. The highest BCUT2D eigenvalue weighted by molar-refractivity contribution is 5.97. The molecule has 0 aromatic carbocycles. The van der Waals surface area contributed by atoms with Crippen LogP contribution in [0, 0.1) is 56.8 Å². The minimum Gasteiger partial charge on any atom is -0.481 e. The van der Waals surface area contributed by atoms with Crippen LogP contribution < -0.4 is 0 Å². The molecular weight excluding hydrogens is 466 g/mol. The maximum absolute atomic E-state index is 14.4. The zero-order valence-corrected chi connectivity index (χ0v) is 23.3. The molecule has 6 nitrogen and oxygen atoms in total. The van der Waals surface area contributed by atoms with E-state index in [-0.39, 0.29) is 47.3 Å². The quantitative estimate of drug-likeness (QED) is 0.480. The van der Waals surface area contributed by atoms with Crippen molar-refractivity contribution in [2.75, 3.05) is 6.61 Å². The van der Waals surface area contributed by atoms with Gasteiger partial charge in [0.1, 0.15) is 0 Å². The molecule has 0 heterocycles. The molecule has 8 atom stereocenters. The summed E-state index contributed by atoms with van der Waals surface area (Å²) in [5, 5.41) is 21.6. The highest BCUT2D eigenvalue weighted by atomic mass is 16.4. The molecule has 0 aliphatic heterocycles. The fourth-order valence-electron chi connectivity index (χ4n) is 10.4. The summed E-state index contributed by atoms with van der Waals surface area (Å²) in [6, 6.07) is -0.850. The molecule has 0 spiro atoms. The van der Waals surface area contributed by atoms with Crippen LogP contribution in [-0.4, -0.2) is 40.4 Å². The number of aliphatic hydroxyl groups excluding tert-OH is 1. The molecule has 4 saturated carbocycles. The van der Waals surface area contributed by atoms with E-state index < -0.39 is 39.6 Å². The largest absolute Gasteiger partial charge is 0.481 e. The minimum atomic E-state index is -0.850. The van der Waals surface area contributed by atoms with Crippen LogP contribution in [0.5, 0.6) is 0 Å². The lowest BCUT2D eigenvalue weighted by Crippen LogP contribution is -2.69. The summed E-state index contributed by atoms with van der Waals surface area (Å²) in [6.45, 7) is 20.2. The van der Waals surface area contributed by atoms with Gasteiger partial charge in [-0.1, -0.05) is 47.1 Å². The fourth-order valence-corrected chi connectivity index (χ4v) is 10.4. The van der Waals surface area contributed by atoms with Gasteiger partial charge in [0, 0.05) is 23.2 Å². The zero-order chi connectivity index (χ0) is 27.4. The molecule has 0 radical (unpaired) electrons. The third-order valence-electron chi connectivity index (χ3n) is 12.7. The Morgan fingerprint density at radius 1 is 1.03 bits per heavy atom. The van der Waals surface area contributed by atoms with E-state index in [2.05, 4.69) is 32.5 Å². The summed E-state index contributed by atoms with van der Waals surface area (Å²) in [4.78, 5) is 44.1. The molecule has 0 bridgehead atoms. The van der Waals surface area contributed by atoms with E-state index in [4.69, 9.17) is 6.57 Å². The van der Waals surface area contributed by atoms with Crippen molar-refractivity contribution in [1.82, 2.24) is 0 Å². The predicted octanol–water partition coefficient (Wildman–Crippen LogP) is 5.49. The average Bonchev–Trinajstić information content (AvgIpc) is 2.82. The second-order valence-corrected chi connectivity index (χ2v) is 15.0. The monoisotopic (exact) mass is 509 g/mol. The molecule has 4 fully saturated rings. The summed E-state index contributed by atoms with van der Waals surface area (Å²) in [5.74, 6) is -1.70. The number of hydrogen-bond donors (Lipinski definition) is 2. The number of fused-ring (bicyclic) bond motifs is 7. The van der Waals surface area contributed by atoms with Gasteiger partial charge in [0.25, 0.3) is 6.04 Å². The second kappa shape index (κ2) is 7.78. The summed E-state index contributed by atoms with van der Waals surface area (Å²) in [7, 11) is 0. The van der Waals surface area contributed by atoms with Crippen molar-refractivity contribution in [3.8, 4) is 0 Å². The lowest BCUT2D eigenvalue weighted by Gasteiger charge is -2.69. The van der Waals surface area contributed by atoms with E-state index in [0.29, 0.717) is 25.7 Å². The first-order valence-corrected chi connectivity index (χ1v) is 14.1. The van der Waals surface area contributed by atoms with Gasteiger partial charge >= 0.3 is 5.97 Å². The molecule has 0 saturated heterocycles.